The fraction of sp³-hybridized carbons (Fsp3) is 0.500. The maximum Gasteiger partial charge on any atom is 0.243 e. The molecule has 1 heterocycles. The molecule has 1 aromatic carbocycles. The van der Waals surface area contributed by atoms with E-state index in [1.165, 1.54) is 0 Å². The minimum Gasteiger partial charge on any atom is -0.326 e. The largest absolute Gasteiger partial charge is 0.326 e. The van der Waals surface area contributed by atoms with Gasteiger partial charge in [-0.3, -0.25) is 0 Å². The van der Waals surface area contributed by atoms with Gasteiger partial charge in [-0.1, -0.05) is 0 Å². The average molecular weight is 354 g/mol. The van der Waals surface area contributed by atoms with Gasteiger partial charge in [0.2, 0.25) is 10.0 Å². The third kappa shape index (κ3) is 4.10. The van der Waals surface area contributed by atoms with Gasteiger partial charge in [0.15, 0.2) is 5.82 Å². The minimum atomic E-state index is -4.01. The number of halogens is 2. The Kier molecular flexibility index (Phi) is 5.89. The van der Waals surface area contributed by atoms with E-state index in [0.29, 0.717) is 0 Å². The number of nitrogens with one attached hydrogen (secondary N) is 1. The Morgan fingerprint density at radius 1 is 1.33 bits per heavy atom. The van der Waals surface area contributed by atoms with Crippen LogP contribution >= 0.6 is 23.5 Å². The first-order chi connectivity index (χ1) is 9.95. The number of rotatable bonds is 5. The number of hydrogen-bond donors (Lipinski definition) is 2. The fourth-order valence-electron chi connectivity index (χ4n) is 1.91. The van der Waals surface area contributed by atoms with Gasteiger partial charge in [0.25, 0.3) is 0 Å². The molecule has 1 aliphatic heterocycles. The van der Waals surface area contributed by atoms with Crippen molar-refractivity contribution >= 4 is 33.5 Å². The van der Waals surface area contributed by atoms with E-state index < -0.39 is 38.7 Å². The second-order valence-corrected chi connectivity index (χ2v) is 8.76. The summed E-state index contributed by atoms with van der Waals surface area (Å²) >= 11 is 3.46. The molecular weight excluding hydrogens is 338 g/mol. The first-order valence-corrected chi connectivity index (χ1v) is 10.0. The van der Waals surface area contributed by atoms with E-state index in [9.17, 15) is 17.2 Å². The zero-order valence-electron chi connectivity index (χ0n) is 11.1. The topological polar surface area (TPSA) is 72.2 Å². The molecule has 1 unspecified atom stereocenters. The lowest BCUT2D eigenvalue weighted by atomic mass is 10.2. The zero-order chi connectivity index (χ0) is 15.5. The molecule has 1 fully saturated rings. The molecule has 0 aromatic heterocycles. The number of hydrogen-bond acceptors (Lipinski definition) is 5. The van der Waals surface area contributed by atoms with Crippen molar-refractivity contribution in [2.24, 2.45) is 5.73 Å². The zero-order valence-corrected chi connectivity index (χ0v) is 13.6. The van der Waals surface area contributed by atoms with Gasteiger partial charge in [0, 0.05) is 41.2 Å². The molecule has 3 N–H and O–H groups in total. The summed E-state index contributed by atoms with van der Waals surface area (Å²) in [5.74, 6) is 0.927. The lowest BCUT2D eigenvalue weighted by Crippen LogP contribution is -2.34. The number of nitrogens with two attached hydrogens (primary N) is 1. The molecule has 0 bridgehead atoms. The van der Waals surface area contributed by atoms with Crippen LogP contribution in [0.5, 0.6) is 0 Å². The maximum absolute atomic E-state index is 14.0. The van der Waals surface area contributed by atoms with Crippen LogP contribution in [-0.4, -0.2) is 37.5 Å². The van der Waals surface area contributed by atoms with Crippen molar-refractivity contribution in [1.29, 1.82) is 0 Å². The lowest BCUT2D eigenvalue weighted by molar-refractivity contribution is 0.525. The van der Waals surface area contributed by atoms with Gasteiger partial charge < -0.3 is 5.73 Å². The molecule has 0 spiro atoms. The summed E-state index contributed by atoms with van der Waals surface area (Å²) in [7, 11) is -4.01. The lowest BCUT2D eigenvalue weighted by Gasteiger charge is -2.21. The molecule has 9 heteroatoms. The quantitative estimate of drug-likeness (QED) is 0.839. The Morgan fingerprint density at radius 2 is 2.10 bits per heavy atom. The van der Waals surface area contributed by atoms with Crippen molar-refractivity contribution in [2.45, 2.75) is 16.7 Å². The van der Waals surface area contributed by atoms with E-state index in [4.69, 9.17) is 5.73 Å². The van der Waals surface area contributed by atoms with Crippen molar-refractivity contribution in [3.63, 3.8) is 0 Å². The van der Waals surface area contributed by atoms with Crippen LogP contribution in [0.2, 0.25) is 0 Å². The van der Waals surface area contributed by atoms with E-state index in [1.807, 2.05) is 0 Å². The Labute approximate surface area is 131 Å². The highest BCUT2D eigenvalue weighted by Crippen LogP contribution is 2.24. The average Bonchev–Trinajstić information content (AvgIpc) is 2.46. The van der Waals surface area contributed by atoms with Gasteiger partial charge in [-0.05, 0) is 12.1 Å². The monoisotopic (exact) mass is 354 g/mol. The van der Waals surface area contributed by atoms with Crippen LogP contribution in [0, 0.1) is 11.6 Å². The maximum atomic E-state index is 14.0. The van der Waals surface area contributed by atoms with Crippen LogP contribution in [0.1, 0.15) is 5.56 Å². The van der Waals surface area contributed by atoms with Crippen LogP contribution in [0.4, 0.5) is 8.78 Å². The Morgan fingerprint density at radius 3 is 2.71 bits per heavy atom. The molecule has 118 valence electrons. The second kappa shape index (κ2) is 7.28. The third-order valence-electron chi connectivity index (χ3n) is 3.03. The van der Waals surface area contributed by atoms with Gasteiger partial charge in [-0.25, -0.2) is 21.9 Å². The van der Waals surface area contributed by atoms with Crippen molar-refractivity contribution in [2.75, 3.05) is 23.8 Å². The van der Waals surface area contributed by atoms with Crippen molar-refractivity contribution in [3.05, 3.63) is 29.3 Å². The molecule has 0 aliphatic carbocycles. The van der Waals surface area contributed by atoms with Gasteiger partial charge >= 0.3 is 0 Å². The van der Waals surface area contributed by atoms with Gasteiger partial charge in [0.1, 0.15) is 10.7 Å². The first-order valence-electron chi connectivity index (χ1n) is 6.31. The second-order valence-electron chi connectivity index (χ2n) is 4.46. The summed E-state index contributed by atoms with van der Waals surface area (Å²) in [6.07, 6.45) is 0. The smallest absolute Gasteiger partial charge is 0.243 e. The predicted octanol–water partition coefficient (Wildman–Crippen LogP) is 1.55. The van der Waals surface area contributed by atoms with Crippen LogP contribution in [-0.2, 0) is 16.6 Å². The number of thioether (sulfide) groups is 2. The molecular formula is C12H16F2N2O2S3. The van der Waals surface area contributed by atoms with E-state index in [-0.39, 0.29) is 11.8 Å². The Balaban J connectivity index is 2.15. The highest BCUT2D eigenvalue weighted by atomic mass is 32.2. The molecule has 21 heavy (non-hydrogen) atoms. The van der Waals surface area contributed by atoms with Crippen molar-refractivity contribution in [1.82, 2.24) is 4.72 Å². The van der Waals surface area contributed by atoms with Gasteiger partial charge in [0.05, 0.1) is 0 Å². The fourth-order valence-corrected chi connectivity index (χ4v) is 5.81. The standard InChI is InChI=1S/C12H16F2N2O2S3/c13-10-1-2-11(12(14)9(10)5-15)21(17,18)16-6-8-7-19-3-4-20-8/h1-2,8,16H,3-7,15H2. The van der Waals surface area contributed by atoms with Crippen molar-refractivity contribution in [3.8, 4) is 0 Å². The van der Waals surface area contributed by atoms with Gasteiger partial charge in [-0.15, -0.1) is 0 Å². The highest BCUT2D eigenvalue weighted by Gasteiger charge is 2.24. The van der Waals surface area contributed by atoms with E-state index in [1.54, 1.807) is 23.5 Å². The van der Waals surface area contributed by atoms with Gasteiger partial charge in [-0.2, -0.15) is 23.5 Å². The molecule has 1 atom stereocenters. The molecule has 1 saturated heterocycles. The molecule has 2 rings (SSSR count). The summed E-state index contributed by atoms with van der Waals surface area (Å²) in [5.41, 5.74) is 4.84. The Bertz CT molecular complexity index is 605. The molecule has 4 nitrogen and oxygen atoms in total. The summed E-state index contributed by atoms with van der Waals surface area (Å²) < 4.78 is 54.1. The van der Waals surface area contributed by atoms with Crippen LogP contribution in [0.25, 0.3) is 0 Å². The summed E-state index contributed by atoms with van der Waals surface area (Å²) in [6, 6.07) is 1.85. The third-order valence-corrected chi connectivity index (χ3v) is 7.32. The van der Waals surface area contributed by atoms with E-state index >= 15 is 0 Å². The van der Waals surface area contributed by atoms with Crippen LogP contribution in [0.3, 0.4) is 0 Å². The summed E-state index contributed by atoms with van der Waals surface area (Å²) in [5, 5.41) is 0.163. The minimum absolute atomic E-state index is 0.163. The van der Waals surface area contributed by atoms with Crippen molar-refractivity contribution < 1.29 is 17.2 Å². The highest BCUT2D eigenvalue weighted by molar-refractivity contribution is 8.06. The molecule has 0 amide bonds. The number of sulfonamides is 1. The van der Waals surface area contributed by atoms with Crippen LogP contribution < -0.4 is 10.5 Å². The molecule has 1 aliphatic rings. The van der Waals surface area contributed by atoms with E-state index in [0.717, 1.165) is 29.4 Å². The van der Waals surface area contributed by atoms with Crippen LogP contribution in [0.15, 0.2) is 17.0 Å². The molecule has 1 aromatic rings. The SMILES string of the molecule is NCc1c(F)ccc(S(=O)(=O)NCC2CSCCS2)c1F. The number of benzene rings is 1. The first kappa shape index (κ1) is 17.0. The molecule has 0 saturated carbocycles. The predicted molar refractivity (Wildman–Crippen MR) is 83.0 cm³/mol. The normalized spacial score (nSPS) is 19.7. The summed E-state index contributed by atoms with van der Waals surface area (Å²) in [4.78, 5) is -0.558. The molecule has 0 radical (unpaired) electrons. The summed E-state index contributed by atoms with van der Waals surface area (Å²) in [6.45, 7) is -0.162. The van der Waals surface area contributed by atoms with E-state index in [2.05, 4.69) is 4.72 Å². The Hall–Kier alpha value is -0.350.